The highest BCUT2D eigenvalue weighted by Gasteiger charge is 2.08. The lowest BCUT2D eigenvalue weighted by Gasteiger charge is -2.00. The van der Waals surface area contributed by atoms with Gasteiger partial charge in [0.25, 0.3) is 5.91 Å². The van der Waals surface area contributed by atoms with Gasteiger partial charge in [-0.25, -0.2) is 0 Å². The molecule has 2 rings (SSSR count). The zero-order chi connectivity index (χ0) is 13.7. The van der Waals surface area contributed by atoms with E-state index < -0.39 is 0 Å². The molecule has 0 fully saturated rings. The number of halogens is 1. The number of thiophene rings is 2. The first-order chi connectivity index (χ1) is 9.19. The second-order valence-corrected chi connectivity index (χ2v) is 6.40. The Bertz CT molecular complexity index is 636. The first kappa shape index (κ1) is 14.3. The van der Waals surface area contributed by atoms with Crippen LogP contribution in [0, 0.1) is 11.8 Å². The van der Waals surface area contributed by atoms with Crippen LogP contribution in [0.5, 0.6) is 0 Å². The minimum atomic E-state index is -0.174. The highest BCUT2D eigenvalue weighted by molar-refractivity contribution is 9.10. The SMILES string of the molecule is O=C(NCc1cc(Br)cs1)c1csc(C#CCO)c1. The maximum Gasteiger partial charge on any atom is 0.252 e. The Hall–Kier alpha value is -1.13. The van der Waals surface area contributed by atoms with Crippen LogP contribution in [0.1, 0.15) is 20.1 Å². The Morgan fingerprint density at radius 2 is 2.21 bits per heavy atom. The van der Waals surface area contributed by atoms with E-state index >= 15 is 0 Å². The number of amides is 1. The van der Waals surface area contributed by atoms with Crippen molar-refractivity contribution in [2.75, 3.05) is 6.61 Å². The minimum Gasteiger partial charge on any atom is -0.384 e. The number of rotatable bonds is 3. The standard InChI is InChI=1S/C13H10BrNO2S2/c14-10-5-12(19-8-10)6-15-13(17)9-4-11(18-7-9)2-1-3-16/h4-5,7-8,16H,3,6H2,(H,15,17). The Morgan fingerprint density at radius 1 is 1.37 bits per heavy atom. The van der Waals surface area contributed by atoms with Gasteiger partial charge in [-0.05, 0) is 28.1 Å². The third-order valence-corrected chi connectivity index (χ3v) is 4.74. The predicted molar refractivity (Wildman–Crippen MR) is 81.5 cm³/mol. The van der Waals surface area contributed by atoms with Crippen LogP contribution < -0.4 is 5.32 Å². The molecule has 1 amide bonds. The maximum absolute atomic E-state index is 11.9. The summed E-state index contributed by atoms with van der Waals surface area (Å²) in [6, 6.07) is 3.71. The molecular weight excluding hydrogens is 346 g/mol. The smallest absolute Gasteiger partial charge is 0.252 e. The molecule has 0 radical (unpaired) electrons. The number of hydrogen-bond acceptors (Lipinski definition) is 4. The monoisotopic (exact) mass is 355 g/mol. The lowest BCUT2D eigenvalue weighted by Crippen LogP contribution is -2.21. The largest absolute Gasteiger partial charge is 0.384 e. The van der Waals surface area contributed by atoms with Crippen molar-refractivity contribution < 1.29 is 9.90 Å². The average Bonchev–Trinajstić information content (AvgIpc) is 3.02. The van der Waals surface area contributed by atoms with E-state index in [2.05, 4.69) is 33.1 Å². The fraction of sp³-hybridized carbons (Fsp3) is 0.154. The van der Waals surface area contributed by atoms with Gasteiger partial charge in [-0.1, -0.05) is 11.8 Å². The van der Waals surface area contributed by atoms with Crippen LogP contribution in [0.25, 0.3) is 0 Å². The van der Waals surface area contributed by atoms with Crippen molar-refractivity contribution in [3.05, 3.63) is 42.7 Å². The molecule has 0 aliphatic heterocycles. The van der Waals surface area contributed by atoms with Gasteiger partial charge < -0.3 is 10.4 Å². The molecule has 0 atom stereocenters. The van der Waals surface area contributed by atoms with E-state index in [1.807, 2.05) is 11.4 Å². The maximum atomic E-state index is 11.9. The summed E-state index contributed by atoms with van der Waals surface area (Å²) in [6.07, 6.45) is 0. The molecule has 0 spiro atoms. The van der Waals surface area contributed by atoms with Gasteiger partial charge in [0, 0.05) is 20.1 Å². The normalized spacial score (nSPS) is 9.79. The number of nitrogens with one attached hydrogen (secondary N) is 1. The summed E-state index contributed by atoms with van der Waals surface area (Å²) in [5.74, 6) is 5.23. The summed E-state index contributed by atoms with van der Waals surface area (Å²) in [5.41, 5.74) is 0.600. The van der Waals surface area contributed by atoms with Gasteiger partial charge in [0.2, 0.25) is 0 Å². The van der Waals surface area contributed by atoms with Crippen LogP contribution in [0.4, 0.5) is 0 Å². The molecule has 0 aliphatic carbocycles. The number of carbonyl (C=O) groups is 1. The van der Waals surface area contributed by atoms with Crippen LogP contribution in [0.15, 0.2) is 27.4 Å². The number of hydrogen-bond donors (Lipinski definition) is 2. The van der Waals surface area contributed by atoms with E-state index in [0.717, 1.165) is 14.2 Å². The lowest BCUT2D eigenvalue weighted by molar-refractivity contribution is 0.0951. The van der Waals surface area contributed by atoms with Crippen LogP contribution in [0.3, 0.4) is 0 Å². The quantitative estimate of drug-likeness (QED) is 0.831. The molecule has 2 aromatic heterocycles. The molecule has 0 aliphatic rings. The molecule has 0 unspecified atom stereocenters. The molecule has 98 valence electrons. The molecule has 0 aromatic carbocycles. The Morgan fingerprint density at radius 3 is 2.89 bits per heavy atom. The van der Waals surface area contributed by atoms with E-state index in [9.17, 15) is 4.79 Å². The number of aliphatic hydroxyl groups is 1. The second-order valence-electron chi connectivity index (χ2n) is 3.57. The van der Waals surface area contributed by atoms with Crippen molar-refractivity contribution >= 4 is 44.5 Å². The Labute approximate surface area is 127 Å². The average molecular weight is 356 g/mol. The molecule has 6 heteroatoms. The minimum absolute atomic E-state index is 0.113. The molecular formula is C13H10BrNO2S2. The topological polar surface area (TPSA) is 49.3 Å². The van der Waals surface area contributed by atoms with Gasteiger partial charge in [-0.15, -0.1) is 22.7 Å². The molecule has 19 heavy (non-hydrogen) atoms. The molecule has 2 heterocycles. The van der Waals surface area contributed by atoms with Crippen LogP contribution in [-0.2, 0) is 6.54 Å². The summed E-state index contributed by atoms with van der Waals surface area (Å²) in [6.45, 7) is 0.343. The van der Waals surface area contributed by atoms with Gasteiger partial charge in [-0.3, -0.25) is 4.79 Å². The van der Waals surface area contributed by atoms with E-state index in [1.165, 1.54) is 11.3 Å². The summed E-state index contributed by atoms with van der Waals surface area (Å²) >= 11 is 6.36. The molecule has 2 aromatic rings. The summed E-state index contributed by atoms with van der Waals surface area (Å²) < 4.78 is 1.03. The van der Waals surface area contributed by atoms with Gasteiger partial charge in [0.1, 0.15) is 6.61 Å². The van der Waals surface area contributed by atoms with Crippen molar-refractivity contribution in [1.29, 1.82) is 0 Å². The van der Waals surface area contributed by atoms with Crippen molar-refractivity contribution in [2.24, 2.45) is 0 Å². The fourth-order valence-electron chi connectivity index (χ4n) is 1.36. The highest BCUT2D eigenvalue weighted by atomic mass is 79.9. The molecule has 0 saturated carbocycles. The van der Waals surface area contributed by atoms with Crippen LogP contribution >= 0.6 is 38.6 Å². The summed E-state index contributed by atoms with van der Waals surface area (Å²) in [5, 5.41) is 15.2. The van der Waals surface area contributed by atoms with E-state index in [-0.39, 0.29) is 12.5 Å². The van der Waals surface area contributed by atoms with Gasteiger partial charge in [0.15, 0.2) is 0 Å². The van der Waals surface area contributed by atoms with Crippen LogP contribution in [-0.4, -0.2) is 17.6 Å². The Balaban J connectivity index is 1.94. The van der Waals surface area contributed by atoms with Crippen LogP contribution in [0.2, 0.25) is 0 Å². The van der Waals surface area contributed by atoms with Crippen molar-refractivity contribution in [3.8, 4) is 11.8 Å². The van der Waals surface area contributed by atoms with Crippen molar-refractivity contribution in [3.63, 3.8) is 0 Å². The van der Waals surface area contributed by atoms with Gasteiger partial charge in [0.05, 0.1) is 17.0 Å². The third kappa shape index (κ3) is 4.18. The number of aliphatic hydroxyl groups excluding tert-OH is 1. The van der Waals surface area contributed by atoms with E-state index in [1.54, 1.807) is 22.8 Å². The Kier molecular flexibility index (Phi) is 5.16. The molecule has 0 bridgehead atoms. The summed E-state index contributed by atoms with van der Waals surface area (Å²) in [4.78, 5) is 13.8. The molecule has 0 saturated heterocycles. The zero-order valence-corrected chi connectivity index (χ0v) is 13.0. The third-order valence-electron chi connectivity index (χ3n) is 2.20. The molecule has 2 N–H and O–H groups in total. The summed E-state index contributed by atoms with van der Waals surface area (Å²) in [7, 11) is 0. The predicted octanol–water partition coefficient (Wildman–Crippen LogP) is 2.85. The first-order valence-electron chi connectivity index (χ1n) is 5.38. The number of carbonyl (C=O) groups excluding carboxylic acids is 1. The highest BCUT2D eigenvalue weighted by Crippen LogP contribution is 2.19. The van der Waals surface area contributed by atoms with Crippen molar-refractivity contribution in [2.45, 2.75) is 6.54 Å². The van der Waals surface area contributed by atoms with Gasteiger partial charge in [-0.2, -0.15) is 0 Å². The fourth-order valence-corrected chi connectivity index (χ4v) is 3.51. The first-order valence-corrected chi connectivity index (χ1v) is 7.93. The van der Waals surface area contributed by atoms with Gasteiger partial charge >= 0.3 is 0 Å². The lowest BCUT2D eigenvalue weighted by atomic mass is 10.3. The van der Waals surface area contributed by atoms with Crippen molar-refractivity contribution in [1.82, 2.24) is 5.32 Å². The van der Waals surface area contributed by atoms with E-state index in [4.69, 9.17) is 5.11 Å². The van der Waals surface area contributed by atoms with E-state index in [0.29, 0.717) is 12.1 Å². The molecule has 3 nitrogen and oxygen atoms in total. The second kappa shape index (κ2) is 6.87. The zero-order valence-electron chi connectivity index (χ0n) is 9.77.